The van der Waals surface area contributed by atoms with Gasteiger partial charge >= 0.3 is 5.63 Å². The van der Waals surface area contributed by atoms with E-state index >= 15 is 0 Å². The maximum absolute atomic E-state index is 13.0. The number of nitrogens with zero attached hydrogens (tertiary/aromatic N) is 1. The summed E-state index contributed by atoms with van der Waals surface area (Å²) in [6.45, 7) is 1.51. The highest BCUT2D eigenvalue weighted by atomic mass is 16.7. The van der Waals surface area contributed by atoms with Crippen molar-refractivity contribution in [3.8, 4) is 5.95 Å². The van der Waals surface area contributed by atoms with Crippen molar-refractivity contribution in [3.63, 3.8) is 0 Å². The van der Waals surface area contributed by atoms with Crippen LogP contribution in [0.5, 0.6) is 5.95 Å². The smallest absolute Gasteiger partial charge is 0.351 e. The predicted molar refractivity (Wildman–Crippen MR) is 125 cm³/mol. The first-order valence-electron chi connectivity index (χ1n) is 11.7. The van der Waals surface area contributed by atoms with Gasteiger partial charge in [-0.2, -0.15) is 0 Å². The van der Waals surface area contributed by atoms with Gasteiger partial charge in [-0.25, -0.2) is 4.79 Å². The summed E-state index contributed by atoms with van der Waals surface area (Å²) in [6.07, 6.45) is -5.03. The fourth-order valence-electron chi connectivity index (χ4n) is 5.40. The van der Waals surface area contributed by atoms with Gasteiger partial charge in [0.2, 0.25) is 12.2 Å². The van der Waals surface area contributed by atoms with Crippen LogP contribution in [0.2, 0.25) is 0 Å². The van der Waals surface area contributed by atoms with E-state index in [9.17, 15) is 30.3 Å². The van der Waals surface area contributed by atoms with Crippen LogP contribution >= 0.6 is 0 Å². The van der Waals surface area contributed by atoms with Gasteiger partial charge in [0.05, 0.1) is 12.6 Å². The molecule has 0 amide bonds. The number of aliphatic hydroxyl groups is 5. The Kier molecular flexibility index (Phi) is 5.36. The maximum atomic E-state index is 13.0. The summed E-state index contributed by atoms with van der Waals surface area (Å²) in [6, 6.07) is 7.60. The molecule has 3 aliphatic rings. The third-order valence-corrected chi connectivity index (χ3v) is 7.34. The van der Waals surface area contributed by atoms with Gasteiger partial charge in [-0.15, -0.1) is 0 Å². The zero-order valence-corrected chi connectivity index (χ0v) is 19.3. The summed E-state index contributed by atoms with van der Waals surface area (Å²) in [5.41, 5.74) is 2.58. The van der Waals surface area contributed by atoms with E-state index in [4.69, 9.17) is 13.9 Å². The molecular weight excluding hydrogens is 472 g/mol. The van der Waals surface area contributed by atoms with Crippen molar-refractivity contribution in [2.24, 2.45) is 0 Å². The molecular formula is C25H26N2O9. The zero-order chi connectivity index (χ0) is 25.3. The lowest BCUT2D eigenvalue weighted by Crippen LogP contribution is -2.60. The minimum Gasteiger partial charge on any atom is -0.494 e. The van der Waals surface area contributed by atoms with Gasteiger partial charge < -0.3 is 49.3 Å². The van der Waals surface area contributed by atoms with E-state index in [1.165, 1.54) is 0 Å². The number of rotatable bonds is 3. The van der Waals surface area contributed by atoms with Gasteiger partial charge in [-0.05, 0) is 31.1 Å². The van der Waals surface area contributed by atoms with Crippen LogP contribution in [0.4, 0.5) is 0 Å². The number of hydrogen-bond acceptors (Lipinski definition) is 10. The van der Waals surface area contributed by atoms with E-state index in [1.807, 2.05) is 30.3 Å². The van der Waals surface area contributed by atoms with Crippen LogP contribution in [0, 0.1) is 6.92 Å². The molecule has 6 rings (SSSR count). The minimum atomic E-state index is -1.67. The van der Waals surface area contributed by atoms with Crippen molar-refractivity contribution in [2.75, 3.05) is 13.2 Å². The summed E-state index contributed by atoms with van der Waals surface area (Å²) < 4.78 is 16.4. The van der Waals surface area contributed by atoms with Crippen molar-refractivity contribution >= 4 is 22.9 Å². The van der Waals surface area contributed by atoms with Crippen LogP contribution in [0.15, 0.2) is 33.5 Å². The molecule has 3 aliphatic heterocycles. The van der Waals surface area contributed by atoms with Gasteiger partial charge in [0.15, 0.2) is 0 Å². The Hall–Kier alpha value is -3.35. The monoisotopic (exact) mass is 498 g/mol. The second-order valence-electron chi connectivity index (χ2n) is 9.35. The Morgan fingerprint density at radius 2 is 1.94 bits per heavy atom. The number of aromatic nitrogens is 1. The van der Waals surface area contributed by atoms with Crippen molar-refractivity contribution < 1.29 is 39.4 Å². The third-order valence-electron chi connectivity index (χ3n) is 7.34. The molecule has 1 saturated heterocycles. The first-order valence-corrected chi connectivity index (χ1v) is 11.7. The fourth-order valence-corrected chi connectivity index (χ4v) is 5.40. The normalized spacial score (nSPS) is 29.4. The molecule has 0 bridgehead atoms. The highest BCUT2D eigenvalue weighted by Gasteiger charge is 2.45. The Morgan fingerprint density at radius 3 is 2.72 bits per heavy atom. The first kappa shape index (κ1) is 23.1. The van der Waals surface area contributed by atoms with Crippen molar-refractivity contribution in [1.29, 1.82) is 0 Å². The van der Waals surface area contributed by atoms with Crippen molar-refractivity contribution in [1.82, 2.24) is 9.88 Å². The third kappa shape index (κ3) is 3.28. The topological polar surface area (TPSA) is 169 Å². The fraction of sp³-hybridized carbons (Fsp3) is 0.400. The first-order chi connectivity index (χ1) is 17.3. The number of nitrogens with one attached hydrogen (secondary N) is 1. The molecule has 0 aliphatic carbocycles. The highest BCUT2D eigenvalue weighted by molar-refractivity contribution is 5.85. The van der Waals surface area contributed by atoms with E-state index in [0.717, 1.165) is 22.2 Å². The number of benzene rings is 1. The van der Waals surface area contributed by atoms with E-state index in [-0.39, 0.29) is 23.1 Å². The number of hydrogen-bond donors (Lipinski definition) is 6. The predicted octanol–water partition coefficient (Wildman–Crippen LogP) is -1.37. The average molecular weight is 498 g/mol. The molecule has 2 aromatic heterocycles. The van der Waals surface area contributed by atoms with Crippen LogP contribution in [0.25, 0.3) is 22.9 Å². The van der Waals surface area contributed by atoms with E-state index in [1.54, 1.807) is 11.8 Å². The maximum Gasteiger partial charge on any atom is 0.351 e. The average Bonchev–Trinajstić information content (AvgIpc) is 3.26. The van der Waals surface area contributed by atoms with Crippen molar-refractivity contribution in [3.05, 3.63) is 61.9 Å². The number of H-pyrrole nitrogens is 1. The molecule has 6 atom stereocenters. The second-order valence-corrected chi connectivity index (χ2v) is 9.35. The lowest BCUT2D eigenvalue weighted by molar-refractivity contribution is -0.280. The minimum absolute atomic E-state index is 0.00413. The summed E-state index contributed by atoms with van der Waals surface area (Å²) in [7, 11) is 0. The second kappa shape index (κ2) is 8.36. The Balaban J connectivity index is 1.45. The molecule has 36 heavy (non-hydrogen) atoms. The molecule has 0 saturated carbocycles. The van der Waals surface area contributed by atoms with E-state index in [2.05, 4.69) is 4.98 Å². The van der Waals surface area contributed by atoms with Crippen LogP contribution in [-0.2, 0) is 11.2 Å². The van der Waals surface area contributed by atoms with Crippen molar-refractivity contribution in [2.45, 2.75) is 50.1 Å². The molecule has 11 heteroatoms. The number of aromatic amines is 1. The summed E-state index contributed by atoms with van der Waals surface area (Å²) >= 11 is 0. The largest absolute Gasteiger partial charge is 0.494 e. The molecule has 3 aromatic rings. The lowest BCUT2D eigenvalue weighted by Gasteiger charge is -2.39. The number of aliphatic hydroxyl groups excluding tert-OH is 5. The van der Waals surface area contributed by atoms with Crippen LogP contribution in [0.3, 0.4) is 0 Å². The van der Waals surface area contributed by atoms with E-state index in [0.29, 0.717) is 23.7 Å². The Morgan fingerprint density at radius 1 is 1.17 bits per heavy atom. The van der Waals surface area contributed by atoms with Crippen LogP contribution in [0.1, 0.15) is 22.9 Å². The lowest BCUT2D eigenvalue weighted by atomic mass is 9.94. The quantitative estimate of drug-likeness (QED) is 0.253. The zero-order valence-electron chi connectivity index (χ0n) is 19.3. The summed E-state index contributed by atoms with van der Waals surface area (Å²) in [5.74, 6) is -0.466. The SMILES string of the molecule is Cc1c(OC2OC(CO)C(O)C(O)C2O)oc(=O)c2c1=CC1c3[nH]c4ccccc4c3CCN1C=2O. The summed E-state index contributed by atoms with van der Waals surface area (Å²) in [5, 5.41) is 52.5. The molecule has 190 valence electrons. The van der Waals surface area contributed by atoms with Gasteiger partial charge in [-0.1, -0.05) is 18.2 Å². The van der Waals surface area contributed by atoms with Crippen LogP contribution < -0.4 is 20.8 Å². The van der Waals surface area contributed by atoms with Gasteiger partial charge in [0.1, 0.15) is 29.6 Å². The molecule has 5 heterocycles. The van der Waals surface area contributed by atoms with Gasteiger partial charge in [-0.3, -0.25) is 0 Å². The molecule has 6 N–H and O–H groups in total. The molecule has 0 radical (unpaired) electrons. The van der Waals surface area contributed by atoms with Gasteiger partial charge in [0.25, 0.3) is 5.95 Å². The molecule has 11 nitrogen and oxygen atoms in total. The Labute approximate surface area is 203 Å². The van der Waals surface area contributed by atoms with E-state index < -0.39 is 42.9 Å². The highest BCUT2D eigenvalue weighted by Crippen LogP contribution is 2.37. The number of fused-ring (bicyclic) bond motifs is 6. The number of ether oxygens (including phenoxy) is 2. The standard InChI is InChI=1S/C25H26N2O9/c1-10-13-8-15-18-12(11-4-2-3-5-14(11)26-18)6-7-27(15)22(32)17(13)23(33)35-24(10)36-25-21(31)20(30)19(29)16(9-28)34-25/h2-5,8,15-16,19-21,25-26,28-32H,6-7,9H2,1H3. The molecule has 0 spiro atoms. The molecule has 1 fully saturated rings. The number of para-hydroxylation sites is 1. The molecule has 6 unspecified atom stereocenters. The summed E-state index contributed by atoms with van der Waals surface area (Å²) in [4.78, 5) is 18.1. The van der Waals surface area contributed by atoms with Gasteiger partial charge in [0, 0.05) is 33.9 Å². The Bertz CT molecular complexity index is 1520. The van der Waals surface area contributed by atoms with Crippen LogP contribution in [-0.4, -0.2) is 79.3 Å². The molecule has 1 aromatic carbocycles.